The Morgan fingerprint density at radius 2 is 1.04 bits per heavy atom. The third-order valence-electron chi connectivity index (χ3n) is 10.8. The van der Waals surface area contributed by atoms with Gasteiger partial charge in [0, 0.05) is 0 Å². The summed E-state index contributed by atoms with van der Waals surface area (Å²) < 4.78 is 22.8. The zero-order chi connectivity index (χ0) is 42.3. The fourth-order valence-electron chi connectivity index (χ4n) is 7.08. The van der Waals surface area contributed by atoms with Crippen molar-refractivity contribution in [1.82, 2.24) is 5.32 Å². The first-order valence-corrected chi connectivity index (χ1v) is 23.9. The van der Waals surface area contributed by atoms with Gasteiger partial charge in [-0.25, -0.2) is 4.57 Å². The molecule has 13 nitrogen and oxygen atoms in total. The number of phosphoric ester groups is 1. The summed E-state index contributed by atoms with van der Waals surface area (Å²) in [6, 6.07) is -1.25. The summed E-state index contributed by atoms with van der Waals surface area (Å²) in [5.74, 6) is -0.603. The molecular weight excluding hydrogens is 753 g/mol. The van der Waals surface area contributed by atoms with Crippen molar-refractivity contribution in [2.45, 2.75) is 236 Å². The molecule has 14 heteroatoms. The maximum absolute atomic E-state index is 13.0. The van der Waals surface area contributed by atoms with E-state index in [1.54, 1.807) is 6.08 Å². The van der Waals surface area contributed by atoms with Crippen LogP contribution >= 0.6 is 7.82 Å². The molecule has 0 aliphatic heterocycles. The molecule has 1 rings (SSSR count). The van der Waals surface area contributed by atoms with Gasteiger partial charge in [0.25, 0.3) is 0 Å². The zero-order valence-corrected chi connectivity index (χ0v) is 36.1. The average molecular weight is 836 g/mol. The summed E-state index contributed by atoms with van der Waals surface area (Å²) in [5.41, 5.74) is 0. The lowest BCUT2D eigenvalue weighted by molar-refractivity contribution is -0.220. The van der Waals surface area contributed by atoms with E-state index in [1.807, 2.05) is 0 Å². The first-order valence-electron chi connectivity index (χ1n) is 22.4. The molecule has 1 aliphatic rings. The van der Waals surface area contributed by atoms with Gasteiger partial charge in [-0.05, 0) is 32.1 Å². The fourth-order valence-corrected chi connectivity index (χ4v) is 8.05. The van der Waals surface area contributed by atoms with Gasteiger partial charge in [-0.15, -0.1) is 0 Å². The summed E-state index contributed by atoms with van der Waals surface area (Å²) in [5, 5.41) is 74.2. The number of allylic oxidation sites excluding steroid dienone is 3. The maximum atomic E-state index is 13.0. The van der Waals surface area contributed by atoms with Gasteiger partial charge in [0.2, 0.25) is 5.91 Å². The van der Waals surface area contributed by atoms with E-state index < -0.39 is 75.2 Å². The lowest BCUT2D eigenvalue weighted by Crippen LogP contribution is -2.64. The van der Waals surface area contributed by atoms with E-state index in [0.717, 1.165) is 44.9 Å². The Balaban J connectivity index is 2.55. The minimum absolute atomic E-state index is 0.249. The third kappa shape index (κ3) is 25.9. The van der Waals surface area contributed by atoms with Crippen LogP contribution in [0.3, 0.4) is 0 Å². The summed E-state index contributed by atoms with van der Waals surface area (Å²) in [4.78, 5) is 23.4. The van der Waals surface area contributed by atoms with Gasteiger partial charge in [-0.3, -0.25) is 13.8 Å². The van der Waals surface area contributed by atoms with Crippen molar-refractivity contribution >= 4 is 13.7 Å². The van der Waals surface area contributed by atoms with Crippen molar-refractivity contribution in [1.29, 1.82) is 0 Å². The van der Waals surface area contributed by atoms with Crippen LogP contribution in [0.15, 0.2) is 24.3 Å². The van der Waals surface area contributed by atoms with Crippen molar-refractivity contribution in [3.05, 3.63) is 24.3 Å². The highest BCUT2D eigenvalue weighted by atomic mass is 31.2. The number of nitrogens with one attached hydrogen (secondary N) is 1. The van der Waals surface area contributed by atoms with E-state index >= 15 is 0 Å². The zero-order valence-electron chi connectivity index (χ0n) is 35.3. The van der Waals surface area contributed by atoms with E-state index in [1.165, 1.54) is 109 Å². The van der Waals surface area contributed by atoms with Gasteiger partial charge >= 0.3 is 7.82 Å². The number of phosphoric acid groups is 1. The standard InChI is InChI=1S/C43H82NO12P/c1-3-5-7-9-11-13-15-16-17-18-19-21-22-24-26-28-30-34(45)32-37(47)44-35(36(46)31-29-27-25-23-20-14-12-10-8-6-4-2)33-55-57(53,54)56-43-41(51)39(49)38(48)40(50)42(43)52/h20,23,29,31,34-36,38-43,45-46,48-52H,3-19,21-22,24-28,30,32-33H2,1-2H3,(H,44,47)(H,53,54)/b23-20+,31-29+. The Morgan fingerprint density at radius 3 is 1.54 bits per heavy atom. The molecule has 0 spiro atoms. The normalized spacial score (nSPS) is 24.2. The second kappa shape index (κ2) is 33.5. The van der Waals surface area contributed by atoms with Crippen molar-refractivity contribution in [2.75, 3.05) is 6.61 Å². The number of carbonyl (C=O) groups is 1. The first kappa shape index (κ1) is 53.8. The fraction of sp³-hybridized carbons (Fsp3) is 0.884. The van der Waals surface area contributed by atoms with Crippen molar-refractivity contribution in [3.8, 4) is 0 Å². The van der Waals surface area contributed by atoms with Crippen molar-refractivity contribution in [3.63, 3.8) is 0 Å². The molecule has 8 atom stereocenters. The molecule has 0 saturated heterocycles. The molecule has 1 aliphatic carbocycles. The van der Waals surface area contributed by atoms with E-state index in [9.17, 15) is 50.0 Å². The molecule has 0 aromatic rings. The molecule has 0 radical (unpaired) electrons. The van der Waals surface area contributed by atoms with Gasteiger partial charge in [0.1, 0.15) is 36.6 Å². The van der Waals surface area contributed by atoms with Gasteiger partial charge in [-0.2, -0.15) is 0 Å². The summed E-state index contributed by atoms with van der Waals surface area (Å²) in [6.07, 6.45) is 21.4. The summed E-state index contributed by atoms with van der Waals surface area (Å²) >= 11 is 0. The highest BCUT2D eigenvalue weighted by Crippen LogP contribution is 2.47. The Labute approximate surface area is 344 Å². The molecule has 336 valence electrons. The highest BCUT2D eigenvalue weighted by Gasteiger charge is 2.51. The SMILES string of the molecule is CCCCCCC/C=C/CC/C=C/C(O)C(COP(=O)(O)OC1C(O)C(O)C(O)C(O)C1O)NC(=O)CC(O)CCCCCCCCCCCCCCCCCC. The number of rotatable bonds is 36. The van der Waals surface area contributed by atoms with Crippen LogP contribution in [0.5, 0.6) is 0 Å². The summed E-state index contributed by atoms with van der Waals surface area (Å²) in [7, 11) is -5.14. The molecule has 57 heavy (non-hydrogen) atoms. The topological polar surface area (TPSA) is 226 Å². The van der Waals surface area contributed by atoms with E-state index in [0.29, 0.717) is 12.8 Å². The Morgan fingerprint density at radius 1 is 0.614 bits per heavy atom. The molecule has 1 saturated carbocycles. The lowest BCUT2D eigenvalue weighted by Gasteiger charge is -2.41. The quantitative estimate of drug-likeness (QED) is 0.0180. The maximum Gasteiger partial charge on any atom is 0.472 e. The van der Waals surface area contributed by atoms with Crippen LogP contribution in [0.4, 0.5) is 0 Å². The number of aliphatic hydroxyl groups is 7. The smallest absolute Gasteiger partial charge is 0.393 e. The van der Waals surface area contributed by atoms with Crippen LogP contribution in [0.2, 0.25) is 0 Å². The molecular formula is C43H82NO12P. The Hall–Kier alpha value is -1.22. The van der Waals surface area contributed by atoms with Crippen LogP contribution in [0.25, 0.3) is 0 Å². The number of hydrogen-bond acceptors (Lipinski definition) is 11. The van der Waals surface area contributed by atoms with Crippen molar-refractivity contribution < 1.29 is 59.0 Å². The number of carbonyl (C=O) groups excluding carboxylic acids is 1. The molecule has 1 fully saturated rings. The first-order chi connectivity index (χ1) is 27.3. The van der Waals surface area contributed by atoms with Gasteiger partial charge in [0.15, 0.2) is 0 Å². The third-order valence-corrected chi connectivity index (χ3v) is 11.8. The molecule has 0 aromatic heterocycles. The van der Waals surface area contributed by atoms with Gasteiger partial charge in [0.05, 0.1) is 31.3 Å². The minimum Gasteiger partial charge on any atom is -0.393 e. The number of unbranched alkanes of at least 4 members (excludes halogenated alkanes) is 21. The predicted octanol–water partition coefficient (Wildman–Crippen LogP) is 6.81. The second-order valence-electron chi connectivity index (χ2n) is 16.1. The number of hydrogen-bond donors (Lipinski definition) is 9. The van der Waals surface area contributed by atoms with Gasteiger partial charge < -0.3 is 46.0 Å². The predicted molar refractivity (Wildman–Crippen MR) is 224 cm³/mol. The largest absolute Gasteiger partial charge is 0.472 e. The Kier molecular flexibility index (Phi) is 31.6. The second-order valence-corrected chi connectivity index (χ2v) is 17.5. The molecule has 0 aromatic carbocycles. The molecule has 8 unspecified atom stereocenters. The van der Waals surface area contributed by atoms with E-state index in [4.69, 9.17) is 9.05 Å². The van der Waals surface area contributed by atoms with Crippen LogP contribution < -0.4 is 5.32 Å². The van der Waals surface area contributed by atoms with E-state index in [-0.39, 0.29) is 6.42 Å². The monoisotopic (exact) mass is 836 g/mol. The molecule has 0 heterocycles. The number of aliphatic hydroxyl groups excluding tert-OH is 7. The molecule has 9 N–H and O–H groups in total. The van der Waals surface area contributed by atoms with Crippen LogP contribution in [-0.2, 0) is 18.4 Å². The van der Waals surface area contributed by atoms with Crippen LogP contribution in [0, 0.1) is 0 Å². The number of amides is 1. The molecule has 1 amide bonds. The molecule has 0 bridgehead atoms. The lowest BCUT2D eigenvalue weighted by atomic mass is 9.85. The summed E-state index contributed by atoms with van der Waals surface area (Å²) in [6.45, 7) is 3.69. The van der Waals surface area contributed by atoms with Crippen LogP contribution in [-0.4, -0.2) is 108 Å². The minimum atomic E-state index is -5.14. The van der Waals surface area contributed by atoms with Crippen molar-refractivity contribution in [2.24, 2.45) is 0 Å². The van der Waals surface area contributed by atoms with Crippen LogP contribution in [0.1, 0.15) is 181 Å². The Bertz CT molecular complexity index is 1080. The highest BCUT2D eigenvalue weighted by molar-refractivity contribution is 7.47. The average Bonchev–Trinajstić information content (AvgIpc) is 3.18. The van der Waals surface area contributed by atoms with E-state index in [2.05, 4.69) is 31.3 Å². The van der Waals surface area contributed by atoms with Gasteiger partial charge in [-0.1, -0.05) is 167 Å².